The Bertz CT molecular complexity index is 1070. The van der Waals surface area contributed by atoms with E-state index in [-0.39, 0.29) is 17.4 Å². The summed E-state index contributed by atoms with van der Waals surface area (Å²) in [5, 5.41) is 5.05. The first-order chi connectivity index (χ1) is 14.1. The number of H-pyrrole nitrogens is 1. The van der Waals surface area contributed by atoms with Crippen molar-refractivity contribution in [3.63, 3.8) is 0 Å². The van der Waals surface area contributed by atoms with E-state index in [0.29, 0.717) is 28.8 Å². The second-order valence-corrected chi connectivity index (χ2v) is 8.42. The summed E-state index contributed by atoms with van der Waals surface area (Å²) in [7, 11) is 0. The van der Waals surface area contributed by atoms with Gasteiger partial charge in [0, 0.05) is 6.54 Å². The molecule has 5 rings (SSSR count). The molecule has 1 aliphatic carbocycles. The van der Waals surface area contributed by atoms with Crippen molar-refractivity contribution in [1.82, 2.24) is 24.6 Å². The van der Waals surface area contributed by atoms with Gasteiger partial charge in [-0.05, 0) is 56.3 Å². The Morgan fingerprint density at radius 2 is 1.93 bits per heavy atom. The quantitative estimate of drug-likeness (QED) is 0.727. The van der Waals surface area contributed by atoms with E-state index >= 15 is 0 Å². The van der Waals surface area contributed by atoms with E-state index in [1.165, 1.54) is 25.0 Å². The molecule has 3 heterocycles. The van der Waals surface area contributed by atoms with Gasteiger partial charge in [0.2, 0.25) is 0 Å². The van der Waals surface area contributed by atoms with Crippen LogP contribution in [0, 0.1) is 5.82 Å². The first-order valence-electron chi connectivity index (χ1n) is 10.6. The molecule has 0 radical (unpaired) electrons. The molecule has 2 atom stereocenters. The van der Waals surface area contributed by atoms with E-state index in [2.05, 4.69) is 21.9 Å². The van der Waals surface area contributed by atoms with Crippen molar-refractivity contribution in [1.29, 1.82) is 0 Å². The molecule has 152 valence electrons. The monoisotopic (exact) mass is 395 g/mol. The van der Waals surface area contributed by atoms with E-state index in [4.69, 9.17) is 4.98 Å². The molecule has 2 aliphatic rings. The molecule has 1 aromatic carbocycles. The molecule has 2 aromatic heterocycles. The lowest BCUT2D eigenvalue weighted by atomic mass is 9.98. The molecule has 2 fully saturated rings. The number of likely N-dealkylation sites (tertiary alicyclic amines) is 1. The van der Waals surface area contributed by atoms with E-state index in [0.717, 1.165) is 37.9 Å². The predicted octanol–water partition coefficient (Wildman–Crippen LogP) is 3.92. The summed E-state index contributed by atoms with van der Waals surface area (Å²) >= 11 is 0. The van der Waals surface area contributed by atoms with Crippen molar-refractivity contribution in [3.8, 4) is 0 Å². The Morgan fingerprint density at radius 1 is 1.17 bits per heavy atom. The minimum atomic E-state index is -0.203. The largest absolute Gasteiger partial charge is 0.309 e. The van der Waals surface area contributed by atoms with Crippen LogP contribution in [0.5, 0.6) is 0 Å². The van der Waals surface area contributed by atoms with Gasteiger partial charge in [0.15, 0.2) is 5.65 Å². The Kier molecular flexibility index (Phi) is 4.70. The summed E-state index contributed by atoms with van der Waals surface area (Å²) in [4.78, 5) is 22.8. The molecule has 1 N–H and O–H groups in total. The lowest BCUT2D eigenvalue weighted by Crippen LogP contribution is -2.28. The van der Waals surface area contributed by atoms with Gasteiger partial charge in [-0.2, -0.15) is 5.10 Å². The summed E-state index contributed by atoms with van der Waals surface area (Å²) in [6.45, 7) is 3.89. The van der Waals surface area contributed by atoms with Crippen LogP contribution in [-0.4, -0.2) is 37.7 Å². The highest BCUT2D eigenvalue weighted by atomic mass is 19.1. The fourth-order valence-corrected chi connectivity index (χ4v) is 4.89. The highest BCUT2D eigenvalue weighted by Gasteiger charge is 2.30. The van der Waals surface area contributed by atoms with Crippen LogP contribution in [0.3, 0.4) is 0 Å². The van der Waals surface area contributed by atoms with E-state index in [1.54, 1.807) is 6.20 Å². The molecule has 3 aromatic rings. The number of benzene rings is 1. The number of aromatic amines is 1. The van der Waals surface area contributed by atoms with Crippen LogP contribution < -0.4 is 5.56 Å². The van der Waals surface area contributed by atoms with Crippen LogP contribution in [0.15, 0.2) is 35.3 Å². The average molecular weight is 395 g/mol. The van der Waals surface area contributed by atoms with Crippen molar-refractivity contribution in [2.45, 2.75) is 57.0 Å². The van der Waals surface area contributed by atoms with Gasteiger partial charge >= 0.3 is 0 Å². The second-order valence-electron chi connectivity index (χ2n) is 8.42. The molecule has 29 heavy (non-hydrogen) atoms. The van der Waals surface area contributed by atoms with E-state index in [9.17, 15) is 9.18 Å². The molecule has 1 aliphatic heterocycles. The van der Waals surface area contributed by atoms with Crippen molar-refractivity contribution in [3.05, 3.63) is 58.0 Å². The summed E-state index contributed by atoms with van der Waals surface area (Å²) < 4.78 is 15.2. The molecule has 1 saturated carbocycles. The zero-order valence-corrected chi connectivity index (χ0v) is 16.6. The van der Waals surface area contributed by atoms with Crippen molar-refractivity contribution in [2.24, 2.45) is 0 Å². The maximum absolute atomic E-state index is 13.2. The summed E-state index contributed by atoms with van der Waals surface area (Å²) in [6.07, 6.45) is 7.27. The Hall–Kier alpha value is -2.54. The normalized spacial score (nSPS) is 21.9. The van der Waals surface area contributed by atoms with E-state index in [1.807, 2.05) is 16.8 Å². The lowest BCUT2D eigenvalue weighted by molar-refractivity contribution is 0.250. The molecule has 6 nitrogen and oxygen atoms in total. The molecule has 1 saturated heterocycles. The fraction of sp³-hybridized carbons (Fsp3) is 0.500. The molecule has 1 unspecified atom stereocenters. The Labute approximate surface area is 168 Å². The number of aromatic nitrogens is 4. The third-order valence-corrected chi connectivity index (χ3v) is 6.66. The minimum absolute atomic E-state index is 0.00414. The van der Waals surface area contributed by atoms with Crippen molar-refractivity contribution >= 4 is 11.0 Å². The van der Waals surface area contributed by atoms with Crippen LogP contribution in [0.4, 0.5) is 4.39 Å². The first kappa shape index (κ1) is 18.5. The zero-order valence-electron chi connectivity index (χ0n) is 16.6. The van der Waals surface area contributed by atoms with E-state index < -0.39 is 0 Å². The number of nitrogens with one attached hydrogen (secondary N) is 1. The summed E-state index contributed by atoms with van der Waals surface area (Å²) in [6, 6.07) is 7.15. The van der Waals surface area contributed by atoms with Gasteiger partial charge in [-0.1, -0.05) is 25.0 Å². The van der Waals surface area contributed by atoms with Crippen LogP contribution in [0.2, 0.25) is 0 Å². The number of hydrogen-bond acceptors (Lipinski definition) is 4. The number of nitrogens with zero attached hydrogens (tertiary/aromatic N) is 4. The van der Waals surface area contributed by atoms with Crippen LogP contribution in [0.1, 0.15) is 68.4 Å². The maximum Gasteiger partial charge on any atom is 0.262 e. The van der Waals surface area contributed by atoms with Gasteiger partial charge in [-0.15, -0.1) is 0 Å². The number of rotatable bonds is 4. The third-order valence-electron chi connectivity index (χ3n) is 6.66. The molecular weight excluding hydrogens is 369 g/mol. The van der Waals surface area contributed by atoms with Crippen molar-refractivity contribution < 1.29 is 4.39 Å². The first-order valence-corrected chi connectivity index (χ1v) is 10.6. The second kappa shape index (κ2) is 7.37. The van der Waals surface area contributed by atoms with Gasteiger partial charge in [0.05, 0.1) is 18.3 Å². The predicted molar refractivity (Wildman–Crippen MR) is 109 cm³/mol. The molecule has 0 bridgehead atoms. The zero-order chi connectivity index (χ0) is 20.0. The Balaban J connectivity index is 1.40. The van der Waals surface area contributed by atoms with Crippen LogP contribution in [0.25, 0.3) is 11.0 Å². The van der Waals surface area contributed by atoms with Crippen LogP contribution >= 0.6 is 0 Å². The molecule has 0 spiro atoms. The molecule has 7 heteroatoms. The van der Waals surface area contributed by atoms with Crippen LogP contribution in [-0.2, 0) is 0 Å². The third kappa shape index (κ3) is 3.37. The van der Waals surface area contributed by atoms with Gasteiger partial charge in [0.25, 0.3) is 5.56 Å². The standard InChI is InChI=1S/C22H26FN5O/c1-14(27-11-10-16(13-27)15-6-8-17(23)9-7-15)20-25-21-19(22(29)26-20)12-24-28(21)18-4-2-3-5-18/h6-9,12,14,16,18H,2-5,10-11,13H2,1H3,(H,25,26,29)/t14-,16?/m1/s1. The van der Waals surface area contributed by atoms with Gasteiger partial charge in [-0.25, -0.2) is 14.1 Å². The molecule has 0 amide bonds. The summed E-state index contributed by atoms with van der Waals surface area (Å²) in [5.74, 6) is 0.866. The van der Waals surface area contributed by atoms with Crippen molar-refractivity contribution in [2.75, 3.05) is 13.1 Å². The Morgan fingerprint density at radius 3 is 2.69 bits per heavy atom. The highest BCUT2D eigenvalue weighted by molar-refractivity contribution is 5.73. The smallest absolute Gasteiger partial charge is 0.262 e. The van der Waals surface area contributed by atoms with Gasteiger partial charge < -0.3 is 4.98 Å². The molecular formula is C22H26FN5O. The SMILES string of the molecule is C[C@H](c1nc2c(cnn2C2CCCC2)c(=O)[nH]1)N1CCC(c2ccc(F)cc2)C1. The minimum Gasteiger partial charge on any atom is -0.309 e. The maximum atomic E-state index is 13.2. The summed E-state index contributed by atoms with van der Waals surface area (Å²) in [5.41, 5.74) is 1.75. The number of halogens is 1. The van der Waals surface area contributed by atoms with Gasteiger partial charge in [-0.3, -0.25) is 9.69 Å². The average Bonchev–Trinajstić information content (AvgIpc) is 3.47. The number of hydrogen-bond donors (Lipinski definition) is 1. The lowest BCUT2D eigenvalue weighted by Gasteiger charge is -2.23. The highest BCUT2D eigenvalue weighted by Crippen LogP contribution is 2.33. The fourth-order valence-electron chi connectivity index (χ4n) is 4.89. The number of fused-ring (bicyclic) bond motifs is 1. The van der Waals surface area contributed by atoms with Gasteiger partial charge in [0.1, 0.15) is 17.0 Å². The topological polar surface area (TPSA) is 66.8 Å².